The van der Waals surface area contributed by atoms with Crippen LogP contribution in [-0.4, -0.2) is 18.1 Å². The zero-order valence-electron chi connectivity index (χ0n) is 8.36. The molecule has 1 aliphatic rings. The average molecular weight is 202 g/mol. The van der Waals surface area contributed by atoms with Gasteiger partial charge in [0.25, 0.3) is 0 Å². The van der Waals surface area contributed by atoms with Crippen molar-refractivity contribution in [1.29, 1.82) is 5.26 Å². The molecule has 0 bridgehead atoms. The maximum absolute atomic E-state index is 11.2. The van der Waals surface area contributed by atoms with Gasteiger partial charge in [0.15, 0.2) is 0 Å². The van der Waals surface area contributed by atoms with Crippen molar-refractivity contribution in [3.63, 3.8) is 0 Å². The van der Waals surface area contributed by atoms with Gasteiger partial charge in [-0.1, -0.05) is 6.07 Å². The predicted octanol–water partition coefficient (Wildman–Crippen LogP) is 1.42. The Hall–Kier alpha value is -1.89. The van der Waals surface area contributed by atoms with Crippen LogP contribution in [0.2, 0.25) is 0 Å². The van der Waals surface area contributed by atoms with E-state index in [0.29, 0.717) is 5.69 Å². The number of ether oxygens (including phenoxy) is 1. The van der Waals surface area contributed by atoms with Crippen molar-refractivity contribution in [3.05, 3.63) is 29.6 Å². The van der Waals surface area contributed by atoms with Gasteiger partial charge in [-0.25, -0.2) is 9.78 Å². The van der Waals surface area contributed by atoms with Crippen LogP contribution in [-0.2, 0) is 10.2 Å². The summed E-state index contributed by atoms with van der Waals surface area (Å²) in [7, 11) is 1.31. The number of hydrogen-bond acceptors (Lipinski definition) is 4. The van der Waals surface area contributed by atoms with E-state index in [2.05, 4.69) is 15.8 Å². The van der Waals surface area contributed by atoms with Gasteiger partial charge in [0.1, 0.15) is 5.69 Å². The van der Waals surface area contributed by atoms with Crippen LogP contribution >= 0.6 is 0 Å². The van der Waals surface area contributed by atoms with E-state index >= 15 is 0 Å². The number of hydrogen-bond donors (Lipinski definition) is 0. The van der Waals surface area contributed by atoms with E-state index in [4.69, 9.17) is 5.26 Å². The lowest BCUT2D eigenvalue weighted by atomic mass is 10.0. The average Bonchev–Trinajstić information content (AvgIpc) is 3.09. The van der Waals surface area contributed by atoms with Crippen molar-refractivity contribution in [2.75, 3.05) is 7.11 Å². The summed E-state index contributed by atoms with van der Waals surface area (Å²) in [5.74, 6) is -0.467. The van der Waals surface area contributed by atoms with Gasteiger partial charge < -0.3 is 4.74 Å². The maximum Gasteiger partial charge on any atom is 0.356 e. The van der Waals surface area contributed by atoms with Crippen LogP contribution in [0.4, 0.5) is 0 Å². The zero-order valence-corrected chi connectivity index (χ0v) is 8.36. The molecule has 1 aromatic rings. The number of carbonyl (C=O) groups is 1. The third-order valence-electron chi connectivity index (χ3n) is 2.60. The first kappa shape index (κ1) is 9.66. The molecule has 4 heteroatoms. The summed E-state index contributed by atoms with van der Waals surface area (Å²) < 4.78 is 4.57. The van der Waals surface area contributed by atoms with Gasteiger partial charge >= 0.3 is 5.97 Å². The van der Waals surface area contributed by atoms with E-state index in [1.54, 1.807) is 18.2 Å². The highest BCUT2D eigenvalue weighted by Gasteiger charge is 2.46. The summed E-state index contributed by atoms with van der Waals surface area (Å²) >= 11 is 0. The number of nitriles is 1. The van der Waals surface area contributed by atoms with Crippen LogP contribution in [0.1, 0.15) is 29.0 Å². The first-order valence-electron chi connectivity index (χ1n) is 4.69. The second kappa shape index (κ2) is 3.35. The molecule has 1 fully saturated rings. The highest BCUT2D eigenvalue weighted by atomic mass is 16.5. The van der Waals surface area contributed by atoms with Crippen LogP contribution < -0.4 is 0 Å². The Labute approximate surface area is 87.5 Å². The molecule has 0 N–H and O–H groups in total. The Morgan fingerprint density at radius 3 is 2.87 bits per heavy atom. The molecule has 1 saturated carbocycles. The maximum atomic E-state index is 11.2. The fraction of sp³-hybridized carbons (Fsp3) is 0.364. The number of esters is 1. The Morgan fingerprint density at radius 2 is 2.33 bits per heavy atom. The third kappa shape index (κ3) is 1.57. The van der Waals surface area contributed by atoms with Crippen LogP contribution in [0.15, 0.2) is 18.2 Å². The van der Waals surface area contributed by atoms with Crippen molar-refractivity contribution in [1.82, 2.24) is 4.98 Å². The van der Waals surface area contributed by atoms with E-state index in [9.17, 15) is 4.79 Å². The number of rotatable bonds is 2. The first-order valence-corrected chi connectivity index (χ1v) is 4.69. The van der Waals surface area contributed by atoms with E-state index < -0.39 is 11.4 Å². The summed E-state index contributed by atoms with van der Waals surface area (Å²) in [5.41, 5.74) is 0.480. The molecular formula is C11H10N2O2. The number of methoxy groups -OCH3 is 1. The second-order valence-electron chi connectivity index (χ2n) is 3.59. The minimum atomic E-state index is -0.467. The standard InChI is InChI=1S/C11H10N2O2/c1-15-10(14)8-3-2-4-9(13-8)11(7-12)5-6-11/h2-4H,5-6H2,1H3. The smallest absolute Gasteiger partial charge is 0.356 e. The molecule has 0 unspecified atom stereocenters. The van der Waals surface area contributed by atoms with Gasteiger partial charge in [-0.05, 0) is 25.0 Å². The summed E-state index contributed by atoms with van der Waals surface area (Å²) in [6, 6.07) is 7.33. The molecule has 1 aromatic heterocycles. The van der Waals surface area contributed by atoms with Gasteiger partial charge in [-0.15, -0.1) is 0 Å². The van der Waals surface area contributed by atoms with Crippen LogP contribution in [0, 0.1) is 11.3 Å². The predicted molar refractivity (Wildman–Crippen MR) is 52.1 cm³/mol. The number of pyridine rings is 1. The second-order valence-corrected chi connectivity index (χ2v) is 3.59. The van der Waals surface area contributed by atoms with Crippen molar-refractivity contribution >= 4 is 5.97 Å². The highest BCUT2D eigenvalue weighted by molar-refractivity contribution is 5.87. The molecule has 0 radical (unpaired) electrons. The lowest BCUT2D eigenvalue weighted by Gasteiger charge is -2.06. The minimum Gasteiger partial charge on any atom is -0.464 e. The van der Waals surface area contributed by atoms with Crippen LogP contribution in [0.25, 0.3) is 0 Å². The monoisotopic (exact) mass is 202 g/mol. The van der Waals surface area contributed by atoms with Gasteiger partial charge in [0.05, 0.1) is 24.3 Å². The fourth-order valence-electron chi connectivity index (χ4n) is 1.47. The minimum absolute atomic E-state index is 0.261. The van der Waals surface area contributed by atoms with E-state index in [1.165, 1.54) is 7.11 Å². The first-order chi connectivity index (χ1) is 7.22. The summed E-state index contributed by atoms with van der Waals surface area (Å²) in [4.78, 5) is 15.4. The quantitative estimate of drug-likeness (QED) is 0.680. The molecule has 0 aromatic carbocycles. The molecular weight excluding hydrogens is 192 g/mol. The fourth-order valence-corrected chi connectivity index (χ4v) is 1.47. The van der Waals surface area contributed by atoms with Gasteiger partial charge in [0.2, 0.25) is 0 Å². The Kier molecular flexibility index (Phi) is 2.16. The molecule has 2 rings (SSSR count). The molecule has 1 heterocycles. The summed E-state index contributed by atoms with van der Waals surface area (Å²) in [5, 5.41) is 8.99. The van der Waals surface area contributed by atoms with Crippen LogP contribution in [0.3, 0.4) is 0 Å². The largest absolute Gasteiger partial charge is 0.464 e. The topological polar surface area (TPSA) is 63.0 Å². The third-order valence-corrected chi connectivity index (χ3v) is 2.60. The molecule has 0 aliphatic heterocycles. The van der Waals surface area contributed by atoms with Crippen molar-refractivity contribution in [2.24, 2.45) is 0 Å². The molecule has 15 heavy (non-hydrogen) atoms. The summed E-state index contributed by atoms with van der Waals surface area (Å²) in [6.07, 6.45) is 1.64. The molecule has 0 spiro atoms. The number of aromatic nitrogens is 1. The summed E-state index contributed by atoms with van der Waals surface area (Å²) in [6.45, 7) is 0. The van der Waals surface area contributed by atoms with Gasteiger partial charge in [-0.2, -0.15) is 5.26 Å². The molecule has 1 aliphatic carbocycles. The van der Waals surface area contributed by atoms with E-state index in [1.807, 2.05) is 0 Å². The molecule has 4 nitrogen and oxygen atoms in total. The van der Waals surface area contributed by atoms with Crippen molar-refractivity contribution in [3.8, 4) is 6.07 Å². The van der Waals surface area contributed by atoms with E-state index in [-0.39, 0.29) is 5.69 Å². The van der Waals surface area contributed by atoms with Crippen molar-refractivity contribution in [2.45, 2.75) is 18.3 Å². The Morgan fingerprint density at radius 1 is 1.60 bits per heavy atom. The lowest BCUT2D eigenvalue weighted by molar-refractivity contribution is 0.0593. The molecule has 0 saturated heterocycles. The Balaban J connectivity index is 2.36. The number of carbonyl (C=O) groups excluding carboxylic acids is 1. The van der Waals surface area contributed by atoms with Gasteiger partial charge in [0, 0.05) is 0 Å². The number of nitrogens with zero attached hydrogens (tertiary/aromatic N) is 2. The zero-order chi connectivity index (χ0) is 10.9. The Bertz CT molecular complexity index is 444. The molecule has 76 valence electrons. The molecule has 0 amide bonds. The van der Waals surface area contributed by atoms with E-state index in [0.717, 1.165) is 12.8 Å². The molecule has 0 atom stereocenters. The normalized spacial score (nSPS) is 16.5. The van der Waals surface area contributed by atoms with Gasteiger partial charge in [-0.3, -0.25) is 0 Å². The van der Waals surface area contributed by atoms with Crippen molar-refractivity contribution < 1.29 is 9.53 Å². The highest BCUT2D eigenvalue weighted by Crippen LogP contribution is 2.46. The lowest BCUT2D eigenvalue weighted by Crippen LogP contribution is -2.11. The SMILES string of the molecule is COC(=O)c1cccc(C2(C#N)CC2)n1. The van der Waals surface area contributed by atoms with Crippen LogP contribution in [0.5, 0.6) is 0 Å².